The molecule has 2 nitrogen and oxygen atoms in total. The maximum Gasteiger partial charge on any atom is 0.145 e. The van der Waals surface area contributed by atoms with Gasteiger partial charge in [-0.15, -0.1) is 0 Å². The Bertz CT molecular complexity index is 3570. The number of fused-ring (bicyclic) bond motifs is 10. The Hall–Kier alpha value is -7.68. The highest BCUT2D eigenvalue weighted by Gasteiger charge is 2.24. The maximum absolute atomic E-state index is 6.93. The summed E-state index contributed by atoms with van der Waals surface area (Å²) in [6.07, 6.45) is 0. The van der Waals surface area contributed by atoms with Crippen molar-refractivity contribution in [2.75, 3.05) is 4.90 Å². The van der Waals surface area contributed by atoms with Gasteiger partial charge >= 0.3 is 0 Å². The van der Waals surface area contributed by atoms with Crippen LogP contribution in [0.5, 0.6) is 0 Å². The molecule has 0 aliphatic carbocycles. The van der Waals surface area contributed by atoms with Crippen molar-refractivity contribution in [3.05, 3.63) is 212 Å². The molecule has 270 valence electrons. The number of hydrogen-bond acceptors (Lipinski definition) is 2. The molecule has 0 aliphatic rings. The van der Waals surface area contributed by atoms with Crippen LogP contribution < -0.4 is 4.90 Å². The van der Waals surface area contributed by atoms with E-state index in [9.17, 15) is 0 Å². The van der Waals surface area contributed by atoms with Gasteiger partial charge in [0.05, 0.1) is 16.8 Å². The van der Waals surface area contributed by atoms with Crippen LogP contribution in [-0.2, 0) is 0 Å². The summed E-state index contributed by atoms with van der Waals surface area (Å²) in [5.74, 6) is 0. The third-order valence-corrected chi connectivity index (χ3v) is 12.0. The maximum atomic E-state index is 6.93. The van der Waals surface area contributed by atoms with E-state index in [0.29, 0.717) is 0 Å². The van der Waals surface area contributed by atoms with Gasteiger partial charge < -0.3 is 9.32 Å². The lowest BCUT2D eigenvalue weighted by Gasteiger charge is -2.28. The number of nitrogens with zero attached hydrogens (tertiary/aromatic N) is 1. The average Bonchev–Trinajstić information content (AvgIpc) is 3.69. The van der Waals surface area contributed by atoms with Gasteiger partial charge in [0, 0.05) is 22.0 Å². The van der Waals surface area contributed by atoms with E-state index in [2.05, 4.69) is 217 Å². The van der Waals surface area contributed by atoms with Gasteiger partial charge in [-0.25, -0.2) is 0 Å². The van der Waals surface area contributed by atoms with Crippen LogP contribution in [-0.4, -0.2) is 0 Å². The number of furan rings is 1. The highest BCUT2D eigenvalue weighted by atomic mass is 16.3. The first-order valence-corrected chi connectivity index (χ1v) is 19.9. The number of anilines is 3. The number of rotatable bonds is 5. The molecule has 12 rings (SSSR count). The minimum absolute atomic E-state index is 0.869. The Morgan fingerprint density at radius 2 is 0.897 bits per heavy atom. The fraction of sp³-hybridized carbons (Fsp3) is 0. The molecule has 58 heavy (non-hydrogen) atoms. The number of hydrogen-bond donors (Lipinski definition) is 0. The van der Waals surface area contributed by atoms with Gasteiger partial charge in [0.15, 0.2) is 0 Å². The zero-order valence-electron chi connectivity index (χ0n) is 31.6. The fourth-order valence-corrected chi connectivity index (χ4v) is 9.39. The Morgan fingerprint density at radius 1 is 0.310 bits per heavy atom. The fourth-order valence-electron chi connectivity index (χ4n) is 9.39. The molecular weight excluding hydrogens is 703 g/mol. The summed E-state index contributed by atoms with van der Waals surface area (Å²) in [5.41, 5.74) is 9.63. The van der Waals surface area contributed by atoms with Crippen molar-refractivity contribution in [3.63, 3.8) is 0 Å². The van der Waals surface area contributed by atoms with E-state index in [1.807, 2.05) is 0 Å². The van der Waals surface area contributed by atoms with E-state index in [1.54, 1.807) is 0 Å². The first kappa shape index (κ1) is 32.6. The van der Waals surface area contributed by atoms with Gasteiger partial charge in [-0.05, 0) is 108 Å². The Morgan fingerprint density at radius 3 is 1.72 bits per heavy atom. The zero-order chi connectivity index (χ0) is 38.2. The molecule has 0 unspecified atom stereocenters. The lowest BCUT2D eigenvalue weighted by atomic mass is 9.93. The van der Waals surface area contributed by atoms with Gasteiger partial charge in [0.1, 0.15) is 11.2 Å². The van der Waals surface area contributed by atoms with Crippen LogP contribution in [0, 0.1) is 0 Å². The summed E-state index contributed by atoms with van der Waals surface area (Å²) >= 11 is 0. The van der Waals surface area contributed by atoms with Gasteiger partial charge in [0.2, 0.25) is 0 Å². The molecule has 2 heteroatoms. The summed E-state index contributed by atoms with van der Waals surface area (Å²) in [7, 11) is 0. The van der Waals surface area contributed by atoms with Gasteiger partial charge in [-0.3, -0.25) is 0 Å². The minimum atomic E-state index is 0.869. The molecule has 0 fully saturated rings. The summed E-state index contributed by atoms with van der Waals surface area (Å²) in [6, 6.07) is 77.0. The molecule has 0 aliphatic heterocycles. The van der Waals surface area contributed by atoms with Crippen LogP contribution in [0.2, 0.25) is 0 Å². The third kappa shape index (κ3) is 4.99. The van der Waals surface area contributed by atoms with Crippen molar-refractivity contribution >= 4 is 92.9 Å². The third-order valence-electron chi connectivity index (χ3n) is 12.0. The summed E-state index contributed by atoms with van der Waals surface area (Å²) in [6.45, 7) is 0. The molecule has 12 aromatic rings. The normalized spacial score (nSPS) is 11.8. The van der Waals surface area contributed by atoms with E-state index >= 15 is 0 Å². The first-order chi connectivity index (χ1) is 28.8. The van der Waals surface area contributed by atoms with Crippen LogP contribution in [0.1, 0.15) is 0 Å². The van der Waals surface area contributed by atoms with Crippen LogP contribution in [0.25, 0.3) is 98.1 Å². The second kappa shape index (κ2) is 12.9. The van der Waals surface area contributed by atoms with Crippen LogP contribution in [0.4, 0.5) is 17.1 Å². The van der Waals surface area contributed by atoms with Crippen molar-refractivity contribution in [2.45, 2.75) is 0 Å². The van der Waals surface area contributed by atoms with Crippen molar-refractivity contribution in [1.82, 2.24) is 0 Å². The van der Waals surface area contributed by atoms with Gasteiger partial charge in [-0.1, -0.05) is 170 Å². The molecule has 11 aromatic carbocycles. The predicted octanol–water partition coefficient (Wildman–Crippen LogP) is 16.2. The zero-order valence-corrected chi connectivity index (χ0v) is 31.6. The molecule has 0 saturated carbocycles. The quantitative estimate of drug-likeness (QED) is 0.164. The Labute approximate surface area is 335 Å². The van der Waals surface area contributed by atoms with Crippen molar-refractivity contribution < 1.29 is 4.42 Å². The van der Waals surface area contributed by atoms with Crippen molar-refractivity contribution in [2.24, 2.45) is 0 Å². The van der Waals surface area contributed by atoms with Gasteiger partial charge in [-0.2, -0.15) is 0 Å². The SMILES string of the molecule is c1ccc2c(-c3ccc(N(c4ccc(-c5cc6ccccc6c6ccccc56)cc4)c4cccc5ccc6ccccc6c45)c4c3oc3ccccc34)cccc2c1. The summed E-state index contributed by atoms with van der Waals surface area (Å²) in [4.78, 5) is 2.45. The largest absolute Gasteiger partial charge is 0.455 e. The van der Waals surface area contributed by atoms with E-state index < -0.39 is 0 Å². The summed E-state index contributed by atoms with van der Waals surface area (Å²) in [5, 5.41) is 14.5. The second-order valence-corrected chi connectivity index (χ2v) is 15.2. The van der Waals surface area contributed by atoms with E-state index in [-0.39, 0.29) is 0 Å². The molecule has 0 bridgehead atoms. The monoisotopic (exact) mass is 737 g/mol. The summed E-state index contributed by atoms with van der Waals surface area (Å²) < 4.78 is 6.93. The molecule has 0 N–H and O–H groups in total. The van der Waals surface area contributed by atoms with E-state index in [4.69, 9.17) is 4.42 Å². The van der Waals surface area contributed by atoms with Gasteiger partial charge in [0.25, 0.3) is 0 Å². The predicted molar refractivity (Wildman–Crippen MR) is 247 cm³/mol. The highest BCUT2D eigenvalue weighted by Crippen LogP contribution is 2.49. The molecular formula is C56H35NO. The highest BCUT2D eigenvalue weighted by molar-refractivity contribution is 6.21. The second-order valence-electron chi connectivity index (χ2n) is 15.2. The molecule has 0 amide bonds. The smallest absolute Gasteiger partial charge is 0.145 e. The molecule has 0 radical (unpaired) electrons. The van der Waals surface area contributed by atoms with Crippen molar-refractivity contribution in [3.8, 4) is 22.3 Å². The average molecular weight is 738 g/mol. The first-order valence-electron chi connectivity index (χ1n) is 19.9. The lowest BCUT2D eigenvalue weighted by molar-refractivity contribution is 0.670. The molecule has 0 spiro atoms. The van der Waals surface area contributed by atoms with Crippen LogP contribution in [0.3, 0.4) is 0 Å². The van der Waals surface area contributed by atoms with E-state index in [0.717, 1.165) is 50.1 Å². The van der Waals surface area contributed by atoms with Crippen LogP contribution >= 0.6 is 0 Å². The molecule has 0 saturated heterocycles. The topological polar surface area (TPSA) is 16.4 Å². The molecule has 0 atom stereocenters. The lowest BCUT2D eigenvalue weighted by Crippen LogP contribution is -2.11. The molecule has 1 heterocycles. The van der Waals surface area contributed by atoms with E-state index in [1.165, 1.54) is 65.0 Å². The van der Waals surface area contributed by atoms with Crippen molar-refractivity contribution in [1.29, 1.82) is 0 Å². The number of benzene rings is 11. The standard InChI is InChI=1S/C56H35NO/c1-4-18-42-36(13-1)16-11-24-46(42)48-33-34-52(55-49-23-9-10-26-53(49)58-56(48)55)57(51-25-12-17-39-28-27-37-14-2-6-20-44(37)54(39)51)41-31-29-38(30-32-41)50-35-40-15-3-5-19-43(40)45-21-7-8-22-47(45)50/h1-35H. The number of para-hydroxylation sites is 1. The Kier molecular flexibility index (Phi) is 7.26. The molecule has 1 aromatic heterocycles. The minimum Gasteiger partial charge on any atom is -0.455 e. The Balaban J connectivity index is 1.14. The van der Waals surface area contributed by atoms with Crippen LogP contribution in [0.15, 0.2) is 217 Å².